The van der Waals surface area contributed by atoms with E-state index in [9.17, 15) is 14.4 Å². The van der Waals surface area contributed by atoms with Crippen molar-refractivity contribution in [2.24, 2.45) is 11.7 Å². The Hall–Kier alpha value is -1.89. The Morgan fingerprint density at radius 1 is 1.35 bits per heavy atom. The molecule has 0 saturated heterocycles. The van der Waals surface area contributed by atoms with Crippen LogP contribution < -0.4 is 11.1 Å². The first-order valence-electron chi connectivity index (χ1n) is 7.88. The molecule has 2 rings (SSSR count). The van der Waals surface area contributed by atoms with E-state index in [1.165, 1.54) is 11.3 Å². The van der Waals surface area contributed by atoms with Crippen molar-refractivity contribution in [1.82, 2.24) is 0 Å². The van der Waals surface area contributed by atoms with Gasteiger partial charge in [0.2, 0.25) is 5.91 Å². The fraction of sp³-hybridized carbons (Fsp3) is 0.562. The van der Waals surface area contributed by atoms with Gasteiger partial charge >= 0.3 is 5.97 Å². The van der Waals surface area contributed by atoms with E-state index in [0.29, 0.717) is 16.5 Å². The number of primary amides is 1. The molecule has 1 unspecified atom stereocenters. The number of hydrogen-bond acceptors (Lipinski definition) is 4. The molecule has 0 radical (unpaired) electrons. The second-order valence-corrected chi connectivity index (χ2v) is 6.99. The molecule has 1 aliphatic rings. The lowest BCUT2D eigenvalue weighted by Crippen LogP contribution is -2.19. The molecular formula is C16H22N2O4S. The van der Waals surface area contributed by atoms with Crippen LogP contribution in [0.2, 0.25) is 0 Å². The van der Waals surface area contributed by atoms with Gasteiger partial charge < -0.3 is 16.2 Å². The smallest absolute Gasteiger partial charge is 0.303 e. The molecule has 1 atom stereocenters. The Morgan fingerprint density at radius 3 is 2.70 bits per heavy atom. The monoisotopic (exact) mass is 338 g/mol. The lowest BCUT2D eigenvalue weighted by Gasteiger charge is -2.20. The van der Waals surface area contributed by atoms with Gasteiger partial charge in [0.1, 0.15) is 5.00 Å². The molecule has 1 aromatic rings. The third-order valence-electron chi connectivity index (χ3n) is 4.24. The van der Waals surface area contributed by atoms with Crippen molar-refractivity contribution in [3.8, 4) is 0 Å². The predicted octanol–water partition coefficient (Wildman–Crippen LogP) is 2.56. The van der Waals surface area contributed by atoms with Gasteiger partial charge in [-0.2, -0.15) is 0 Å². The van der Waals surface area contributed by atoms with Crippen molar-refractivity contribution in [2.75, 3.05) is 5.32 Å². The molecule has 0 aromatic carbocycles. The van der Waals surface area contributed by atoms with Crippen LogP contribution in [0.25, 0.3) is 0 Å². The van der Waals surface area contributed by atoms with Gasteiger partial charge in [-0.1, -0.05) is 13.3 Å². The Kier molecular flexibility index (Phi) is 5.76. The number of anilines is 1. The number of fused-ring (bicyclic) bond motifs is 1. The van der Waals surface area contributed by atoms with Crippen LogP contribution in [0.5, 0.6) is 0 Å². The van der Waals surface area contributed by atoms with Crippen LogP contribution in [0.1, 0.15) is 59.8 Å². The van der Waals surface area contributed by atoms with Crippen molar-refractivity contribution < 1.29 is 19.5 Å². The molecule has 4 N–H and O–H groups in total. The number of thiophene rings is 1. The maximum atomic E-state index is 12.0. The lowest BCUT2D eigenvalue weighted by atomic mass is 9.85. The summed E-state index contributed by atoms with van der Waals surface area (Å²) in [6.45, 7) is 2.16. The normalized spacial score (nSPS) is 16.7. The number of rotatable bonds is 7. The Labute approximate surface area is 139 Å². The van der Waals surface area contributed by atoms with Crippen LogP contribution in [-0.4, -0.2) is 22.9 Å². The van der Waals surface area contributed by atoms with Crippen LogP contribution in [0.15, 0.2) is 0 Å². The molecule has 1 aliphatic carbocycles. The van der Waals surface area contributed by atoms with Crippen molar-refractivity contribution in [1.29, 1.82) is 0 Å². The van der Waals surface area contributed by atoms with Crippen LogP contribution in [0.4, 0.5) is 5.00 Å². The van der Waals surface area contributed by atoms with Crippen molar-refractivity contribution in [3.05, 3.63) is 16.0 Å². The van der Waals surface area contributed by atoms with Crippen molar-refractivity contribution in [3.63, 3.8) is 0 Å². The van der Waals surface area contributed by atoms with E-state index >= 15 is 0 Å². The highest BCUT2D eigenvalue weighted by Crippen LogP contribution is 2.40. The third-order valence-corrected chi connectivity index (χ3v) is 5.41. The summed E-state index contributed by atoms with van der Waals surface area (Å²) in [6.07, 6.45) is 4.21. The highest BCUT2D eigenvalue weighted by molar-refractivity contribution is 7.17. The summed E-state index contributed by atoms with van der Waals surface area (Å²) in [5.74, 6) is -1.11. The zero-order chi connectivity index (χ0) is 17.0. The van der Waals surface area contributed by atoms with E-state index < -0.39 is 11.9 Å². The Morgan fingerprint density at radius 2 is 2.09 bits per heavy atom. The number of aliphatic carboxylic acids is 1. The highest BCUT2D eigenvalue weighted by Gasteiger charge is 2.27. The summed E-state index contributed by atoms with van der Waals surface area (Å²) in [4.78, 5) is 35.4. The SMILES string of the molecule is CCC1CCc2c(sc(NC(=O)CCCC(=O)O)c2C(N)=O)C1. The summed E-state index contributed by atoms with van der Waals surface area (Å²) < 4.78 is 0. The van der Waals surface area contributed by atoms with E-state index in [4.69, 9.17) is 10.8 Å². The largest absolute Gasteiger partial charge is 0.481 e. The minimum atomic E-state index is -0.923. The average Bonchev–Trinajstić information content (AvgIpc) is 2.83. The third kappa shape index (κ3) is 4.31. The zero-order valence-corrected chi connectivity index (χ0v) is 14.0. The fourth-order valence-electron chi connectivity index (χ4n) is 2.94. The molecule has 0 aliphatic heterocycles. The van der Waals surface area contributed by atoms with Gasteiger partial charge in [-0.05, 0) is 37.2 Å². The van der Waals surface area contributed by atoms with E-state index in [2.05, 4.69) is 12.2 Å². The van der Waals surface area contributed by atoms with E-state index in [1.807, 2.05) is 0 Å². The number of amides is 2. The second-order valence-electron chi connectivity index (χ2n) is 5.88. The standard InChI is InChI=1S/C16H22N2O4S/c1-2-9-6-7-10-11(8-9)23-16(14(10)15(17)22)18-12(19)4-3-5-13(20)21/h9H,2-8H2,1H3,(H2,17,22)(H,18,19)(H,20,21). The molecule has 126 valence electrons. The minimum absolute atomic E-state index is 0.0464. The fourth-order valence-corrected chi connectivity index (χ4v) is 4.32. The first-order chi connectivity index (χ1) is 10.9. The summed E-state index contributed by atoms with van der Waals surface area (Å²) in [6, 6.07) is 0. The zero-order valence-electron chi connectivity index (χ0n) is 13.2. The van der Waals surface area contributed by atoms with Crippen molar-refractivity contribution >= 4 is 34.1 Å². The lowest BCUT2D eigenvalue weighted by molar-refractivity contribution is -0.137. The van der Waals surface area contributed by atoms with E-state index in [1.54, 1.807) is 0 Å². The predicted molar refractivity (Wildman–Crippen MR) is 88.8 cm³/mol. The van der Waals surface area contributed by atoms with Gasteiger partial charge in [0.25, 0.3) is 5.91 Å². The molecular weight excluding hydrogens is 316 g/mol. The van der Waals surface area contributed by atoms with E-state index in [0.717, 1.165) is 36.1 Å². The molecule has 0 spiro atoms. The van der Waals surface area contributed by atoms with Crippen LogP contribution >= 0.6 is 11.3 Å². The Bertz CT molecular complexity index is 624. The molecule has 6 nitrogen and oxygen atoms in total. The summed E-state index contributed by atoms with van der Waals surface area (Å²) in [5, 5.41) is 11.9. The number of carbonyl (C=O) groups is 3. The number of hydrogen-bond donors (Lipinski definition) is 3. The topological polar surface area (TPSA) is 109 Å². The highest BCUT2D eigenvalue weighted by atomic mass is 32.1. The number of carboxylic acid groups (broad SMARTS) is 1. The maximum absolute atomic E-state index is 12.0. The molecule has 0 bridgehead atoms. The summed E-state index contributed by atoms with van der Waals surface area (Å²) >= 11 is 1.43. The molecule has 0 saturated carbocycles. The summed E-state index contributed by atoms with van der Waals surface area (Å²) in [7, 11) is 0. The van der Waals surface area contributed by atoms with Gasteiger partial charge in [0.05, 0.1) is 5.56 Å². The second kappa shape index (κ2) is 7.59. The number of carboxylic acids is 1. The number of carbonyl (C=O) groups excluding carboxylic acids is 2. The van der Waals surface area contributed by atoms with Gasteiger partial charge in [0.15, 0.2) is 0 Å². The van der Waals surface area contributed by atoms with Crippen molar-refractivity contribution in [2.45, 2.75) is 51.9 Å². The Balaban J connectivity index is 2.12. The first kappa shape index (κ1) is 17.5. The van der Waals surface area contributed by atoms with Crippen LogP contribution in [0, 0.1) is 5.92 Å². The van der Waals surface area contributed by atoms with Crippen LogP contribution in [-0.2, 0) is 22.4 Å². The molecule has 23 heavy (non-hydrogen) atoms. The molecule has 0 fully saturated rings. The maximum Gasteiger partial charge on any atom is 0.303 e. The number of nitrogens with one attached hydrogen (secondary N) is 1. The first-order valence-corrected chi connectivity index (χ1v) is 8.70. The quantitative estimate of drug-likeness (QED) is 0.709. The average molecular weight is 338 g/mol. The van der Waals surface area contributed by atoms with Gasteiger partial charge in [-0.25, -0.2) is 0 Å². The van der Waals surface area contributed by atoms with Gasteiger partial charge in [-0.15, -0.1) is 11.3 Å². The summed E-state index contributed by atoms with van der Waals surface area (Å²) in [5.41, 5.74) is 6.92. The van der Waals surface area contributed by atoms with E-state index in [-0.39, 0.29) is 25.2 Å². The molecule has 2 amide bonds. The molecule has 1 heterocycles. The molecule has 7 heteroatoms. The molecule has 1 aromatic heterocycles. The minimum Gasteiger partial charge on any atom is -0.481 e. The van der Waals surface area contributed by atoms with Gasteiger partial charge in [0, 0.05) is 17.7 Å². The number of nitrogens with two attached hydrogens (primary N) is 1. The van der Waals surface area contributed by atoms with Crippen LogP contribution in [0.3, 0.4) is 0 Å². The van der Waals surface area contributed by atoms with Gasteiger partial charge in [-0.3, -0.25) is 14.4 Å².